The van der Waals surface area contributed by atoms with E-state index in [-0.39, 0.29) is 11.7 Å². The molecule has 1 aromatic heterocycles. The number of nitrogens with one attached hydrogen (secondary N) is 1. The summed E-state index contributed by atoms with van der Waals surface area (Å²) in [6.45, 7) is 2.06. The minimum absolute atomic E-state index is 0.106. The van der Waals surface area contributed by atoms with Gasteiger partial charge in [-0.15, -0.1) is 5.10 Å². The van der Waals surface area contributed by atoms with Crippen LogP contribution in [0.5, 0.6) is 5.75 Å². The molecule has 134 valence electrons. The zero-order valence-electron chi connectivity index (χ0n) is 14.5. The molecule has 0 bridgehead atoms. The molecule has 8 heteroatoms. The number of methoxy groups -OCH3 is 1. The van der Waals surface area contributed by atoms with Gasteiger partial charge in [-0.3, -0.25) is 4.79 Å². The van der Waals surface area contributed by atoms with Crippen LogP contribution in [0.15, 0.2) is 53.7 Å². The maximum absolute atomic E-state index is 12.3. The fraction of sp³-hybridized carbons (Fsp3) is 0.222. The fourth-order valence-electron chi connectivity index (χ4n) is 2.49. The summed E-state index contributed by atoms with van der Waals surface area (Å²) >= 11 is 1.27. The Labute approximate surface area is 155 Å². The number of carbonyl (C=O) groups excluding carboxylic acids is 1. The number of aromatic nitrogens is 4. The van der Waals surface area contributed by atoms with E-state index < -0.39 is 0 Å². The predicted octanol–water partition coefficient (Wildman–Crippen LogP) is 2.96. The Kier molecular flexibility index (Phi) is 5.85. The molecule has 1 heterocycles. The molecule has 0 fully saturated rings. The van der Waals surface area contributed by atoms with E-state index in [0.717, 1.165) is 23.4 Å². The maximum atomic E-state index is 12.3. The molecule has 0 radical (unpaired) electrons. The molecule has 7 nitrogen and oxygen atoms in total. The highest BCUT2D eigenvalue weighted by Gasteiger charge is 2.15. The highest BCUT2D eigenvalue weighted by atomic mass is 32.2. The van der Waals surface area contributed by atoms with E-state index in [4.69, 9.17) is 4.74 Å². The van der Waals surface area contributed by atoms with Crippen LogP contribution in [0.3, 0.4) is 0 Å². The van der Waals surface area contributed by atoms with Gasteiger partial charge in [0.1, 0.15) is 11.4 Å². The van der Waals surface area contributed by atoms with Gasteiger partial charge in [-0.05, 0) is 40.6 Å². The number of carbonyl (C=O) groups is 1. The van der Waals surface area contributed by atoms with Gasteiger partial charge >= 0.3 is 0 Å². The Morgan fingerprint density at radius 1 is 1.19 bits per heavy atom. The number of tetrazole rings is 1. The number of para-hydroxylation sites is 3. The third-order valence-corrected chi connectivity index (χ3v) is 4.68. The van der Waals surface area contributed by atoms with Gasteiger partial charge < -0.3 is 10.1 Å². The van der Waals surface area contributed by atoms with Gasteiger partial charge in [-0.2, -0.15) is 4.68 Å². The van der Waals surface area contributed by atoms with Gasteiger partial charge in [-0.1, -0.05) is 49.0 Å². The second-order valence-electron chi connectivity index (χ2n) is 5.39. The number of nitrogens with zero attached hydrogens (tertiary/aromatic N) is 4. The van der Waals surface area contributed by atoms with Crippen molar-refractivity contribution >= 4 is 23.4 Å². The number of hydrogen-bond donors (Lipinski definition) is 1. The number of aryl methyl sites for hydroxylation is 1. The van der Waals surface area contributed by atoms with E-state index in [1.54, 1.807) is 11.8 Å². The lowest BCUT2D eigenvalue weighted by molar-refractivity contribution is -0.113. The lowest BCUT2D eigenvalue weighted by Gasteiger charge is -2.10. The summed E-state index contributed by atoms with van der Waals surface area (Å²) in [6.07, 6.45) is 0.857. The molecule has 0 saturated heterocycles. The number of thioether (sulfide) groups is 1. The van der Waals surface area contributed by atoms with Crippen molar-refractivity contribution in [1.82, 2.24) is 20.2 Å². The van der Waals surface area contributed by atoms with Crippen LogP contribution >= 0.6 is 11.8 Å². The molecule has 0 saturated carbocycles. The van der Waals surface area contributed by atoms with Crippen molar-refractivity contribution in [3.8, 4) is 11.4 Å². The van der Waals surface area contributed by atoms with E-state index in [1.165, 1.54) is 11.8 Å². The Balaban J connectivity index is 1.69. The van der Waals surface area contributed by atoms with E-state index in [2.05, 4.69) is 27.8 Å². The first-order valence-electron chi connectivity index (χ1n) is 8.15. The van der Waals surface area contributed by atoms with Crippen LogP contribution in [0.1, 0.15) is 12.5 Å². The third-order valence-electron chi connectivity index (χ3n) is 3.76. The third kappa shape index (κ3) is 4.02. The number of benzene rings is 2. The molecule has 0 aliphatic heterocycles. The van der Waals surface area contributed by atoms with Crippen molar-refractivity contribution in [2.24, 2.45) is 0 Å². The number of anilines is 1. The van der Waals surface area contributed by atoms with Gasteiger partial charge in [-0.25, -0.2) is 0 Å². The van der Waals surface area contributed by atoms with Crippen molar-refractivity contribution < 1.29 is 9.53 Å². The first kappa shape index (κ1) is 17.9. The van der Waals surface area contributed by atoms with Crippen molar-refractivity contribution in [3.05, 3.63) is 54.1 Å². The van der Waals surface area contributed by atoms with Crippen LogP contribution in [0.25, 0.3) is 5.69 Å². The van der Waals surface area contributed by atoms with Gasteiger partial charge in [0.2, 0.25) is 11.1 Å². The molecule has 26 heavy (non-hydrogen) atoms. The van der Waals surface area contributed by atoms with Gasteiger partial charge in [0.25, 0.3) is 0 Å². The molecule has 3 aromatic rings. The molecule has 2 aromatic carbocycles. The first-order valence-corrected chi connectivity index (χ1v) is 9.13. The van der Waals surface area contributed by atoms with Gasteiger partial charge in [0, 0.05) is 5.69 Å². The van der Waals surface area contributed by atoms with E-state index in [0.29, 0.717) is 10.9 Å². The highest BCUT2D eigenvalue weighted by Crippen LogP contribution is 2.25. The van der Waals surface area contributed by atoms with Crippen LogP contribution in [-0.2, 0) is 11.2 Å². The first-order chi connectivity index (χ1) is 12.7. The minimum atomic E-state index is -0.106. The Morgan fingerprint density at radius 3 is 2.77 bits per heavy atom. The topological polar surface area (TPSA) is 81.9 Å². The molecule has 1 amide bonds. The Bertz CT molecular complexity index is 897. The molecule has 3 rings (SSSR count). The van der Waals surface area contributed by atoms with Crippen molar-refractivity contribution in [2.45, 2.75) is 18.5 Å². The van der Waals surface area contributed by atoms with Crippen molar-refractivity contribution in [2.75, 3.05) is 18.2 Å². The van der Waals surface area contributed by atoms with E-state index in [1.807, 2.05) is 48.5 Å². The summed E-state index contributed by atoms with van der Waals surface area (Å²) in [5.74, 6) is 0.751. The largest absolute Gasteiger partial charge is 0.494 e. The quantitative estimate of drug-likeness (QED) is 0.645. The minimum Gasteiger partial charge on any atom is -0.494 e. The average molecular weight is 369 g/mol. The van der Waals surface area contributed by atoms with Crippen LogP contribution in [0.2, 0.25) is 0 Å². The number of amides is 1. The van der Waals surface area contributed by atoms with Crippen LogP contribution in [0, 0.1) is 0 Å². The van der Waals surface area contributed by atoms with Crippen LogP contribution in [0.4, 0.5) is 5.69 Å². The second-order valence-corrected chi connectivity index (χ2v) is 6.34. The summed E-state index contributed by atoms with van der Waals surface area (Å²) in [5, 5.41) is 15.2. The molecule has 0 unspecified atom stereocenters. The second kappa shape index (κ2) is 8.48. The lowest BCUT2D eigenvalue weighted by atomic mass is 10.1. The summed E-state index contributed by atoms with van der Waals surface area (Å²) < 4.78 is 6.92. The summed E-state index contributed by atoms with van der Waals surface area (Å²) in [5.41, 5.74) is 2.66. The molecule has 0 atom stereocenters. The van der Waals surface area contributed by atoms with Crippen molar-refractivity contribution in [3.63, 3.8) is 0 Å². The average Bonchev–Trinajstić information content (AvgIpc) is 3.15. The van der Waals surface area contributed by atoms with E-state index >= 15 is 0 Å². The zero-order chi connectivity index (χ0) is 18.4. The Morgan fingerprint density at radius 2 is 1.96 bits per heavy atom. The van der Waals surface area contributed by atoms with E-state index in [9.17, 15) is 4.79 Å². The highest BCUT2D eigenvalue weighted by molar-refractivity contribution is 7.99. The molecule has 0 aliphatic rings. The molecule has 1 N–H and O–H groups in total. The zero-order valence-corrected chi connectivity index (χ0v) is 15.4. The molecular formula is C18H19N5O2S. The normalized spacial score (nSPS) is 10.5. The number of ether oxygens (including phenoxy) is 1. The molecule has 0 spiro atoms. The number of hydrogen-bond acceptors (Lipinski definition) is 6. The fourth-order valence-corrected chi connectivity index (χ4v) is 3.18. The van der Waals surface area contributed by atoms with Crippen molar-refractivity contribution in [1.29, 1.82) is 0 Å². The Hall–Kier alpha value is -2.87. The van der Waals surface area contributed by atoms with Gasteiger partial charge in [0.05, 0.1) is 12.9 Å². The molecule has 0 aliphatic carbocycles. The summed E-state index contributed by atoms with van der Waals surface area (Å²) in [6, 6.07) is 15.2. The lowest BCUT2D eigenvalue weighted by Crippen LogP contribution is -2.15. The smallest absolute Gasteiger partial charge is 0.234 e. The summed E-state index contributed by atoms with van der Waals surface area (Å²) in [7, 11) is 1.59. The maximum Gasteiger partial charge on any atom is 0.234 e. The van der Waals surface area contributed by atoms with Crippen LogP contribution in [-0.4, -0.2) is 39.0 Å². The number of rotatable bonds is 7. The van der Waals surface area contributed by atoms with Gasteiger partial charge in [0.15, 0.2) is 0 Å². The standard InChI is InChI=1S/C18H19N5O2S/c1-3-13-8-4-5-9-14(13)19-17(24)12-26-18-20-21-22-23(18)15-10-6-7-11-16(15)25-2/h4-11H,3,12H2,1-2H3,(H,19,24). The monoisotopic (exact) mass is 369 g/mol. The molecular weight excluding hydrogens is 350 g/mol. The predicted molar refractivity (Wildman–Crippen MR) is 101 cm³/mol. The van der Waals surface area contributed by atoms with Crippen LogP contribution < -0.4 is 10.1 Å². The summed E-state index contributed by atoms with van der Waals surface area (Å²) in [4.78, 5) is 12.3. The SMILES string of the molecule is CCc1ccccc1NC(=O)CSc1nnnn1-c1ccccc1OC.